The molecule has 0 saturated heterocycles. The zero-order valence-corrected chi connectivity index (χ0v) is 12.7. The minimum atomic E-state index is -0.493. The normalized spacial score (nSPS) is 12.1. The van der Waals surface area contributed by atoms with Gasteiger partial charge in [-0.3, -0.25) is 0 Å². The summed E-state index contributed by atoms with van der Waals surface area (Å²) in [4.78, 5) is 23.5. The summed E-state index contributed by atoms with van der Waals surface area (Å²) in [7, 11) is 1.35. The first-order chi connectivity index (χ1) is 10.2. The van der Waals surface area contributed by atoms with Gasteiger partial charge in [0, 0.05) is 11.5 Å². The Labute approximate surface area is 126 Å². The van der Waals surface area contributed by atoms with Crippen molar-refractivity contribution in [2.75, 3.05) is 24.4 Å². The van der Waals surface area contributed by atoms with Crippen LogP contribution in [0, 0.1) is 0 Å². The summed E-state index contributed by atoms with van der Waals surface area (Å²) >= 11 is 1.65. The topological polar surface area (TPSA) is 68.5 Å². The molecule has 0 fully saturated rings. The number of methoxy groups -OCH3 is 1. The van der Waals surface area contributed by atoms with E-state index in [-0.39, 0.29) is 5.97 Å². The van der Waals surface area contributed by atoms with Crippen molar-refractivity contribution in [3.63, 3.8) is 0 Å². The predicted molar refractivity (Wildman–Crippen MR) is 84.9 cm³/mol. The monoisotopic (exact) mass is 307 g/mol. The minimum Gasteiger partial charge on any atom is -0.467 e. The van der Waals surface area contributed by atoms with Gasteiger partial charge in [-0.25, -0.2) is 9.59 Å². The average Bonchev–Trinajstić information content (AvgIpc) is 2.50. The van der Waals surface area contributed by atoms with Crippen LogP contribution in [0.2, 0.25) is 0 Å². The molecule has 0 saturated carbocycles. The van der Waals surface area contributed by atoms with Crippen LogP contribution in [0.1, 0.15) is 6.42 Å². The molecule has 0 bridgehead atoms. The Hall–Kier alpha value is -1.95. The van der Waals surface area contributed by atoms with Crippen LogP contribution in [0.5, 0.6) is 0 Å². The van der Waals surface area contributed by atoms with Crippen LogP contribution in [0.3, 0.4) is 0 Å². The van der Waals surface area contributed by atoms with Crippen molar-refractivity contribution in [1.82, 2.24) is 0 Å². The quantitative estimate of drug-likeness (QED) is 0.653. The third-order valence-corrected chi connectivity index (χ3v) is 3.72. The maximum Gasteiger partial charge on any atom is 0.338 e. The lowest BCUT2D eigenvalue weighted by Gasteiger charge is -2.18. The van der Waals surface area contributed by atoms with E-state index in [1.165, 1.54) is 13.2 Å². The van der Waals surface area contributed by atoms with E-state index in [0.29, 0.717) is 17.7 Å². The first-order valence-corrected chi connectivity index (χ1v) is 7.91. The molecule has 6 heteroatoms. The van der Waals surface area contributed by atoms with Crippen molar-refractivity contribution in [3.8, 4) is 0 Å². The maximum absolute atomic E-state index is 11.8. The highest BCUT2D eigenvalue weighted by Gasteiger charge is 2.20. The minimum absolute atomic E-state index is 0.346. The molecular weight excluding hydrogens is 290 g/mol. The number of thioether (sulfide) groups is 1. The van der Waals surface area contributed by atoms with E-state index in [9.17, 15) is 9.59 Å². The number of hydrogen-bond donors (Lipinski definition) is 1. The number of rotatable bonds is 6. The lowest BCUT2D eigenvalue weighted by Crippen LogP contribution is -2.31. The van der Waals surface area contributed by atoms with Crippen molar-refractivity contribution in [2.45, 2.75) is 12.5 Å². The number of ether oxygens (including phenoxy) is 1. The molecule has 1 aromatic carbocycles. The Balaban J connectivity index is 2.35. The van der Waals surface area contributed by atoms with Crippen LogP contribution >= 0.6 is 11.8 Å². The predicted octanol–water partition coefficient (Wildman–Crippen LogP) is 2.50. The lowest BCUT2D eigenvalue weighted by atomic mass is 10.1. The van der Waals surface area contributed by atoms with Crippen LogP contribution in [0.15, 0.2) is 39.5 Å². The van der Waals surface area contributed by atoms with E-state index >= 15 is 0 Å². The number of carbonyl (C=O) groups excluding carboxylic acids is 1. The number of para-hydroxylation sites is 1. The molecule has 0 aliphatic carbocycles. The highest BCUT2D eigenvalue weighted by atomic mass is 32.2. The molecule has 0 radical (unpaired) electrons. The summed E-state index contributed by atoms with van der Waals surface area (Å²) in [6.07, 6.45) is 2.59. The second kappa shape index (κ2) is 7.17. The highest BCUT2D eigenvalue weighted by molar-refractivity contribution is 7.98. The van der Waals surface area contributed by atoms with Gasteiger partial charge in [0.25, 0.3) is 0 Å². The molecule has 21 heavy (non-hydrogen) atoms. The van der Waals surface area contributed by atoms with Crippen LogP contribution in [-0.4, -0.2) is 31.1 Å². The van der Waals surface area contributed by atoms with Gasteiger partial charge in [-0.15, -0.1) is 0 Å². The Kier molecular flexibility index (Phi) is 5.27. The van der Waals surface area contributed by atoms with Crippen LogP contribution in [-0.2, 0) is 9.53 Å². The summed E-state index contributed by atoms with van der Waals surface area (Å²) in [5, 5.41) is 3.86. The van der Waals surface area contributed by atoms with Gasteiger partial charge in [-0.1, -0.05) is 12.1 Å². The van der Waals surface area contributed by atoms with Crippen molar-refractivity contribution in [2.24, 2.45) is 0 Å². The highest BCUT2D eigenvalue weighted by Crippen LogP contribution is 2.22. The number of hydrogen-bond acceptors (Lipinski definition) is 6. The van der Waals surface area contributed by atoms with Gasteiger partial charge >= 0.3 is 11.6 Å². The molecule has 1 atom stereocenters. The number of carbonyl (C=O) groups is 1. The standard InChI is InChI=1S/C15H17NO4S/c1-19-15(18)11(7-8-21-2)16-12-9-14(17)20-13-6-4-3-5-10(12)13/h3-6,9,11,16H,7-8H2,1-2H3/t11-/m0/s1. The van der Waals surface area contributed by atoms with Crippen LogP contribution in [0.4, 0.5) is 5.69 Å². The first kappa shape index (κ1) is 15.4. The molecule has 0 aliphatic heterocycles. The second-order valence-corrected chi connectivity index (χ2v) is 5.46. The number of nitrogens with one attached hydrogen (secondary N) is 1. The second-order valence-electron chi connectivity index (χ2n) is 4.48. The molecule has 1 N–H and O–H groups in total. The van der Waals surface area contributed by atoms with Gasteiger partial charge in [-0.05, 0) is 30.6 Å². The lowest BCUT2D eigenvalue weighted by molar-refractivity contribution is -0.141. The van der Waals surface area contributed by atoms with Gasteiger partial charge < -0.3 is 14.5 Å². The molecule has 2 aromatic rings. The van der Waals surface area contributed by atoms with Gasteiger partial charge in [0.2, 0.25) is 0 Å². The maximum atomic E-state index is 11.8. The number of esters is 1. The SMILES string of the molecule is COC(=O)[C@H](CCSC)Nc1cc(=O)oc2ccccc12. The summed E-state index contributed by atoms with van der Waals surface area (Å²) in [6, 6.07) is 8.06. The smallest absolute Gasteiger partial charge is 0.338 e. The Morgan fingerprint density at radius 2 is 2.19 bits per heavy atom. The molecule has 2 rings (SSSR count). The van der Waals surface area contributed by atoms with E-state index in [4.69, 9.17) is 9.15 Å². The van der Waals surface area contributed by atoms with Crippen LogP contribution < -0.4 is 10.9 Å². The Bertz CT molecular complexity index is 683. The summed E-state index contributed by atoms with van der Waals surface area (Å²) in [5.74, 6) is 0.466. The van der Waals surface area contributed by atoms with Gasteiger partial charge in [0.05, 0.1) is 12.8 Å². The largest absolute Gasteiger partial charge is 0.467 e. The van der Waals surface area contributed by atoms with Crippen molar-refractivity contribution in [1.29, 1.82) is 0 Å². The number of fused-ring (bicyclic) bond motifs is 1. The van der Waals surface area contributed by atoms with E-state index in [1.807, 2.05) is 18.4 Å². The fourth-order valence-electron chi connectivity index (χ4n) is 2.05. The van der Waals surface area contributed by atoms with Crippen molar-refractivity contribution < 1.29 is 13.9 Å². The number of benzene rings is 1. The van der Waals surface area contributed by atoms with Gasteiger partial charge in [-0.2, -0.15) is 11.8 Å². The van der Waals surface area contributed by atoms with E-state index < -0.39 is 11.7 Å². The van der Waals surface area contributed by atoms with E-state index in [0.717, 1.165) is 11.1 Å². The third kappa shape index (κ3) is 3.78. The van der Waals surface area contributed by atoms with Gasteiger partial charge in [0.1, 0.15) is 11.6 Å². The van der Waals surface area contributed by atoms with E-state index in [2.05, 4.69) is 5.32 Å². The zero-order valence-electron chi connectivity index (χ0n) is 11.9. The third-order valence-electron chi connectivity index (χ3n) is 3.08. The summed E-state index contributed by atoms with van der Waals surface area (Å²) in [5.41, 5.74) is 0.615. The summed E-state index contributed by atoms with van der Waals surface area (Å²) < 4.78 is 9.95. The molecular formula is C15H17NO4S. The fraction of sp³-hybridized carbons (Fsp3) is 0.333. The summed E-state index contributed by atoms with van der Waals surface area (Å²) in [6.45, 7) is 0. The number of anilines is 1. The van der Waals surface area contributed by atoms with E-state index in [1.54, 1.807) is 23.9 Å². The Morgan fingerprint density at radius 1 is 1.43 bits per heavy atom. The fourth-order valence-corrected chi connectivity index (χ4v) is 2.52. The molecule has 1 heterocycles. The van der Waals surface area contributed by atoms with Crippen LogP contribution in [0.25, 0.3) is 11.0 Å². The molecule has 0 spiro atoms. The molecule has 0 unspecified atom stereocenters. The molecule has 5 nitrogen and oxygen atoms in total. The molecule has 112 valence electrons. The average molecular weight is 307 g/mol. The zero-order chi connectivity index (χ0) is 15.2. The molecule has 0 amide bonds. The Morgan fingerprint density at radius 3 is 2.90 bits per heavy atom. The van der Waals surface area contributed by atoms with Gasteiger partial charge in [0.15, 0.2) is 0 Å². The van der Waals surface area contributed by atoms with Crippen molar-refractivity contribution in [3.05, 3.63) is 40.8 Å². The van der Waals surface area contributed by atoms with Crippen molar-refractivity contribution >= 4 is 34.4 Å². The first-order valence-electron chi connectivity index (χ1n) is 6.52. The molecule has 1 aromatic heterocycles. The molecule has 0 aliphatic rings.